The first kappa shape index (κ1) is 16.0. The third-order valence-electron chi connectivity index (χ3n) is 4.93. The Morgan fingerprint density at radius 3 is 2.27 bits per heavy atom. The lowest BCUT2D eigenvalue weighted by molar-refractivity contribution is 0.00578. The normalized spacial score (nSPS) is 23.9. The molecule has 120 valence electrons. The zero-order chi connectivity index (χ0) is 16.0. The van der Waals surface area contributed by atoms with Gasteiger partial charge < -0.3 is 14.2 Å². The number of hydrogen-bond donors (Lipinski definition) is 0. The molecule has 2 saturated heterocycles. The summed E-state index contributed by atoms with van der Waals surface area (Å²) >= 11 is 6.02. The number of halogens is 1. The van der Waals surface area contributed by atoms with E-state index in [9.17, 15) is 0 Å². The summed E-state index contributed by atoms with van der Waals surface area (Å²) in [6.07, 6.45) is 5.34. The summed E-state index contributed by atoms with van der Waals surface area (Å²) in [7, 11) is -0.459. The summed E-state index contributed by atoms with van der Waals surface area (Å²) in [5, 5.41) is 0.265. The van der Waals surface area contributed by atoms with Gasteiger partial charge in [0.1, 0.15) is 5.82 Å². The highest BCUT2D eigenvalue weighted by atomic mass is 35.5. The van der Waals surface area contributed by atoms with Crippen molar-refractivity contribution in [1.82, 2.24) is 9.97 Å². The van der Waals surface area contributed by atoms with E-state index in [-0.39, 0.29) is 16.5 Å². The fourth-order valence-corrected chi connectivity index (χ4v) is 2.99. The molecule has 7 heteroatoms. The quantitative estimate of drug-likeness (QED) is 0.618. The first-order valence-corrected chi connectivity index (χ1v) is 8.31. The first-order chi connectivity index (χ1) is 10.3. The number of aromatic nitrogens is 2. The molecular weight excluding hydrogens is 300 g/mol. The summed E-state index contributed by atoms with van der Waals surface area (Å²) in [4.78, 5) is 10.9. The molecule has 0 unspecified atom stereocenters. The molecule has 0 spiro atoms. The Bertz CT molecular complexity index is 546. The predicted molar refractivity (Wildman–Crippen MR) is 88.8 cm³/mol. The van der Waals surface area contributed by atoms with Crippen LogP contribution in [0.5, 0.6) is 0 Å². The van der Waals surface area contributed by atoms with Gasteiger partial charge in [-0.1, -0.05) is 0 Å². The zero-order valence-electron chi connectivity index (χ0n) is 13.7. The van der Waals surface area contributed by atoms with Crippen molar-refractivity contribution >= 4 is 30.0 Å². The fraction of sp³-hybridized carbons (Fsp3) is 0.733. The molecule has 0 aliphatic carbocycles. The molecule has 0 radical (unpaired) electrons. The van der Waals surface area contributed by atoms with Crippen molar-refractivity contribution in [2.24, 2.45) is 0 Å². The van der Waals surface area contributed by atoms with Crippen LogP contribution in [0.15, 0.2) is 6.20 Å². The summed E-state index contributed by atoms with van der Waals surface area (Å²) < 4.78 is 12.3. The lowest BCUT2D eigenvalue weighted by Crippen LogP contribution is -2.42. The van der Waals surface area contributed by atoms with E-state index in [1.165, 1.54) is 19.3 Å². The van der Waals surface area contributed by atoms with Gasteiger partial charge in [0.05, 0.1) is 11.2 Å². The number of anilines is 1. The number of hydrogen-bond acceptors (Lipinski definition) is 5. The van der Waals surface area contributed by atoms with Crippen molar-refractivity contribution in [3.8, 4) is 0 Å². The molecule has 0 bridgehead atoms. The highest BCUT2D eigenvalue weighted by Gasteiger charge is 2.52. The monoisotopic (exact) mass is 323 g/mol. The Hall–Kier alpha value is -0.845. The molecule has 3 heterocycles. The zero-order valence-corrected chi connectivity index (χ0v) is 14.5. The molecule has 0 aromatic carbocycles. The molecule has 22 heavy (non-hydrogen) atoms. The van der Waals surface area contributed by atoms with Gasteiger partial charge in [0, 0.05) is 24.7 Å². The van der Waals surface area contributed by atoms with Gasteiger partial charge in [0.15, 0.2) is 0 Å². The molecular formula is C15H23BClN3O2. The van der Waals surface area contributed by atoms with Crippen LogP contribution in [0, 0.1) is 0 Å². The van der Waals surface area contributed by atoms with E-state index in [0.717, 1.165) is 24.4 Å². The van der Waals surface area contributed by atoms with Crippen molar-refractivity contribution < 1.29 is 9.31 Å². The molecule has 3 rings (SSSR count). The smallest absolute Gasteiger partial charge is 0.399 e. The van der Waals surface area contributed by atoms with Gasteiger partial charge in [-0.15, -0.1) is 0 Å². The van der Waals surface area contributed by atoms with E-state index < -0.39 is 7.12 Å². The Morgan fingerprint density at radius 2 is 1.68 bits per heavy atom. The largest absolute Gasteiger partial charge is 0.500 e. The highest BCUT2D eigenvalue weighted by molar-refractivity contribution is 6.63. The number of piperidine rings is 1. The van der Waals surface area contributed by atoms with Gasteiger partial charge in [-0.25, -0.2) is 9.97 Å². The van der Waals surface area contributed by atoms with Crippen molar-refractivity contribution in [2.75, 3.05) is 18.0 Å². The molecule has 5 nitrogen and oxygen atoms in total. The SMILES string of the molecule is CC1(C)OB(c2cnc(Cl)nc2N2CCCCC2)OC1(C)C. The first-order valence-electron chi connectivity index (χ1n) is 7.93. The summed E-state index contributed by atoms with van der Waals surface area (Å²) in [5.74, 6) is 0.846. The lowest BCUT2D eigenvalue weighted by Gasteiger charge is -2.32. The van der Waals surface area contributed by atoms with Crippen LogP contribution in [0.1, 0.15) is 47.0 Å². The minimum Gasteiger partial charge on any atom is -0.399 e. The fourth-order valence-electron chi connectivity index (χ4n) is 2.86. The van der Waals surface area contributed by atoms with E-state index in [1.54, 1.807) is 6.20 Å². The maximum atomic E-state index is 6.15. The second-order valence-corrected chi connectivity index (χ2v) is 7.39. The molecule has 2 fully saturated rings. The topological polar surface area (TPSA) is 47.5 Å². The van der Waals surface area contributed by atoms with Crippen LogP contribution in [0.4, 0.5) is 5.82 Å². The third-order valence-corrected chi connectivity index (χ3v) is 5.11. The Labute approximate surface area is 137 Å². The van der Waals surface area contributed by atoms with E-state index in [0.29, 0.717) is 0 Å². The predicted octanol–water partition coefficient (Wildman–Crippen LogP) is 2.42. The highest BCUT2D eigenvalue weighted by Crippen LogP contribution is 2.37. The molecule has 1 aromatic rings. The maximum Gasteiger partial charge on any atom is 0.500 e. The van der Waals surface area contributed by atoms with Gasteiger partial charge in [0.25, 0.3) is 0 Å². The van der Waals surface area contributed by atoms with Gasteiger partial charge in [-0.05, 0) is 58.6 Å². The van der Waals surface area contributed by atoms with Gasteiger partial charge in [-0.2, -0.15) is 0 Å². The average Bonchev–Trinajstić information content (AvgIpc) is 2.68. The van der Waals surface area contributed by atoms with Gasteiger partial charge in [-0.3, -0.25) is 0 Å². The van der Waals surface area contributed by atoms with Crippen LogP contribution in [0.3, 0.4) is 0 Å². The minimum atomic E-state index is -0.459. The Morgan fingerprint density at radius 1 is 1.09 bits per heavy atom. The lowest BCUT2D eigenvalue weighted by atomic mass is 9.80. The average molecular weight is 324 g/mol. The Balaban J connectivity index is 1.94. The molecule has 2 aliphatic heterocycles. The molecule has 0 saturated carbocycles. The molecule has 1 aromatic heterocycles. The van der Waals surface area contributed by atoms with E-state index in [2.05, 4.69) is 14.9 Å². The summed E-state index contributed by atoms with van der Waals surface area (Å²) in [5.41, 5.74) is 0.109. The van der Waals surface area contributed by atoms with Crippen molar-refractivity contribution in [2.45, 2.75) is 58.2 Å². The van der Waals surface area contributed by atoms with Crippen LogP contribution < -0.4 is 10.4 Å². The van der Waals surface area contributed by atoms with Crippen LogP contribution >= 0.6 is 11.6 Å². The minimum absolute atomic E-state index is 0.265. The standard InChI is InChI=1S/C15H23BClN3O2/c1-14(2)15(3,4)22-16(21-14)11-10-18-13(17)19-12(11)20-8-6-5-7-9-20/h10H,5-9H2,1-4H3. The number of nitrogens with zero attached hydrogens (tertiary/aromatic N) is 3. The van der Waals surface area contributed by atoms with E-state index in [1.807, 2.05) is 27.7 Å². The molecule has 2 aliphatic rings. The van der Waals surface area contributed by atoms with Crippen molar-refractivity contribution in [1.29, 1.82) is 0 Å². The van der Waals surface area contributed by atoms with Crippen LogP contribution in [-0.4, -0.2) is 41.4 Å². The second-order valence-electron chi connectivity index (χ2n) is 7.05. The van der Waals surface area contributed by atoms with Crippen molar-refractivity contribution in [3.05, 3.63) is 11.5 Å². The second kappa shape index (κ2) is 5.66. The van der Waals surface area contributed by atoms with Crippen LogP contribution in [0.25, 0.3) is 0 Å². The summed E-state index contributed by atoms with van der Waals surface area (Å²) in [6.45, 7) is 10.2. The third kappa shape index (κ3) is 2.84. The van der Waals surface area contributed by atoms with Gasteiger partial charge in [0.2, 0.25) is 5.28 Å². The number of rotatable bonds is 2. The van der Waals surface area contributed by atoms with Crippen molar-refractivity contribution in [3.63, 3.8) is 0 Å². The molecule has 0 amide bonds. The van der Waals surface area contributed by atoms with E-state index >= 15 is 0 Å². The van der Waals surface area contributed by atoms with Gasteiger partial charge >= 0.3 is 7.12 Å². The molecule has 0 N–H and O–H groups in total. The Kier molecular flexibility index (Phi) is 4.12. The van der Waals surface area contributed by atoms with Crippen LogP contribution in [0.2, 0.25) is 5.28 Å². The van der Waals surface area contributed by atoms with E-state index in [4.69, 9.17) is 20.9 Å². The summed E-state index contributed by atoms with van der Waals surface area (Å²) in [6, 6.07) is 0. The molecule has 0 atom stereocenters. The maximum absolute atomic E-state index is 6.15. The van der Waals surface area contributed by atoms with Crippen LogP contribution in [-0.2, 0) is 9.31 Å².